The van der Waals surface area contributed by atoms with Crippen LogP contribution in [0.25, 0.3) is 0 Å². The molecule has 0 saturated heterocycles. The molecule has 12 heavy (non-hydrogen) atoms. The zero-order chi connectivity index (χ0) is 10.2. The van der Waals surface area contributed by atoms with Gasteiger partial charge in [-0.3, -0.25) is 4.55 Å². The lowest BCUT2D eigenvalue weighted by Crippen LogP contribution is -2.32. The van der Waals surface area contributed by atoms with E-state index in [1.807, 2.05) is 0 Å². The van der Waals surface area contributed by atoms with Gasteiger partial charge in [-0.2, -0.15) is 17.2 Å². The molecule has 0 aromatic carbocycles. The maximum absolute atomic E-state index is 12.3. The van der Waals surface area contributed by atoms with Crippen molar-refractivity contribution in [2.45, 2.75) is 15.5 Å². The van der Waals surface area contributed by atoms with Gasteiger partial charge in [-0.1, -0.05) is 34.8 Å². The van der Waals surface area contributed by atoms with Crippen molar-refractivity contribution in [3.8, 4) is 0 Å². The molecule has 0 aromatic heterocycles. The Morgan fingerprint density at radius 3 is 1.67 bits per heavy atom. The second-order valence-electron chi connectivity index (χ2n) is 1.90. The minimum Gasteiger partial charge on any atom is -0.281 e. The third kappa shape index (κ3) is 4.04. The first-order chi connectivity index (χ1) is 4.96. The first kappa shape index (κ1) is 12.6. The summed E-state index contributed by atoms with van der Waals surface area (Å²) in [5, 5.41) is -4.45. The van der Waals surface area contributed by atoms with Crippen molar-refractivity contribution in [1.82, 2.24) is 0 Å². The van der Waals surface area contributed by atoms with Gasteiger partial charge in [0.1, 0.15) is 0 Å². The molecule has 0 amide bonds. The summed E-state index contributed by atoms with van der Waals surface area (Å²) in [6, 6.07) is 0. The quantitative estimate of drug-likeness (QED) is 0.614. The SMILES string of the molecule is O=S(=O)(O)C(F)(F)CC(Cl)(Cl)Cl. The Hall–Kier alpha value is 0.640. The Morgan fingerprint density at radius 2 is 1.58 bits per heavy atom. The Labute approximate surface area is 82.3 Å². The molecule has 74 valence electrons. The van der Waals surface area contributed by atoms with E-state index in [0.29, 0.717) is 0 Å². The molecule has 0 aliphatic heterocycles. The van der Waals surface area contributed by atoms with Crippen LogP contribution >= 0.6 is 34.8 Å². The number of hydrogen-bond acceptors (Lipinski definition) is 2. The van der Waals surface area contributed by atoms with Gasteiger partial charge in [0.05, 0.1) is 6.42 Å². The van der Waals surface area contributed by atoms with E-state index in [2.05, 4.69) is 0 Å². The van der Waals surface area contributed by atoms with E-state index in [-0.39, 0.29) is 0 Å². The highest BCUT2D eigenvalue weighted by molar-refractivity contribution is 7.86. The smallest absolute Gasteiger partial charge is 0.281 e. The first-order valence-corrected chi connectivity index (χ1v) is 4.95. The molecule has 0 rings (SSSR count). The average Bonchev–Trinajstić information content (AvgIpc) is 1.52. The van der Waals surface area contributed by atoms with Crippen LogP contribution in [0.4, 0.5) is 8.78 Å². The van der Waals surface area contributed by atoms with E-state index in [0.717, 1.165) is 0 Å². The van der Waals surface area contributed by atoms with Gasteiger partial charge < -0.3 is 0 Å². The van der Waals surface area contributed by atoms with Crippen molar-refractivity contribution < 1.29 is 21.8 Å². The van der Waals surface area contributed by atoms with Crippen LogP contribution in [0.3, 0.4) is 0 Å². The van der Waals surface area contributed by atoms with Crippen LogP contribution in [-0.4, -0.2) is 22.0 Å². The minimum absolute atomic E-state index is 1.59. The third-order valence-corrected chi connectivity index (χ3v) is 2.08. The van der Waals surface area contributed by atoms with Crippen LogP contribution in [0.5, 0.6) is 0 Å². The molecular formula is C3H3Cl3F2O3S. The van der Waals surface area contributed by atoms with Gasteiger partial charge in [-0.15, -0.1) is 0 Å². The summed E-state index contributed by atoms with van der Waals surface area (Å²) in [6.45, 7) is 0. The predicted molar refractivity (Wildman–Crippen MR) is 41.4 cm³/mol. The molecule has 0 aliphatic rings. The molecule has 0 fully saturated rings. The van der Waals surface area contributed by atoms with Gasteiger partial charge in [0, 0.05) is 0 Å². The summed E-state index contributed by atoms with van der Waals surface area (Å²) in [5.74, 6) is 0. The van der Waals surface area contributed by atoms with E-state index in [1.165, 1.54) is 0 Å². The molecule has 0 spiro atoms. The standard InChI is InChI=1S/C3H3Cl3F2O3S/c4-2(5,6)1-3(7,8)12(9,10)11/h1H2,(H,9,10,11). The summed E-state index contributed by atoms with van der Waals surface area (Å²) in [4.78, 5) is 0. The van der Waals surface area contributed by atoms with E-state index in [9.17, 15) is 17.2 Å². The molecule has 0 unspecified atom stereocenters. The van der Waals surface area contributed by atoms with Gasteiger partial charge in [-0.05, 0) is 0 Å². The molecule has 0 aliphatic carbocycles. The largest absolute Gasteiger partial charge is 0.374 e. The second-order valence-corrected chi connectivity index (χ2v) is 5.97. The van der Waals surface area contributed by atoms with E-state index < -0.39 is 25.6 Å². The highest BCUT2D eigenvalue weighted by atomic mass is 35.6. The monoisotopic (exact) mass is 262 g/mol. The van der Waals surface area contributed by atoms with Crippen LogP contribution in [0.2, 0.25) is 0 Å². The first-order valence-electron chi connectivity index (χ1n) is 2.37. The van der Waals surface area contributed by atoms with Crippen molar-refractivity contribution in [2.75, 3.05) is 0 Å². The van der Waals surface area contributed by atoms with Crippen LogP contribution in [0, 0.1) is 0 Å². The van der Waals surface area contributed by atoms with Crippen LogP contribution < -0.4 is 0 Å². The summed E-state index contributed by atoms with van der Waals surface area (Å²) >= 11 is 14.7. The molecule has 3 nitrogen and oxygen atoms in total. The van der Waals surface area contributed by atoms with Crippen molar-refractivity contribution in [3.63, 3.8) is 0 Å². The van der Waals surface area contributed by atoms with E-state index >= 15 is 0 Å². The van der Waals surface area contributed by atoms with Crippen molar-refractivity contribution >= 4 is 44.9 Å². The number of halogens is 5. The lowest BCUT2D eigenvalue weighted by atomic mass is 10.5. The molecule has 0 heterocycles. The normalized spacial score (nSPS) is 14.8. The lowest BCUT2D eigenvalue weighted by Gasteiger charge is -2.17. The van der Waals surface area contributed by atoms with Crippen LogP contribution in [-0.2, 0) is 10.1 Å². The molecule has 0 saturated carbocycles. The molecule has 9 heteroatoms. The summed E-state index contributed by atoms with van der Waals surface area (Å²) in [6.07, 6.45) is -1.59. The zero-order valence-electron chi connectivity index (χ0n) is 5.27. The fourth-order valence-corrected chi connectivity index (χ4v) is 1.46. The van der Waals surface area contributed by atoms with Gasteiger partial charge in [0.15, 0.2) is 3.79 Å². The van der Waals surface area contributed by atoms with Crippen molar-refractivity contribution in [3.05, 3.63) is 0 Å². The Bertz CT molecular complexity index is 256. The molecule has 0 bridgehead atoms. The fourth-order valence-electron chi connectivity index (χ4n) is 0.325. The average molecular weight is 263 g/mol. The summed E-state index contributed by atoms with van der Waals surface area (Å²) < 4.78 is 50.1. The topological polar surface area (TPSA) is 54.4 Å². The number of hydrogen-bond donors (Lipinski definition) is 1. The van der Waals surface area contributed by atoms with Gasteiger partial charge in [0.2, 0.25) is 0 Å². The highest BCUT2D eigenvalue weighted by Crippen LogP contribution is 2.39. The van der Waals surface area contributed by atoms with E-state index in [4.69, 9.17) is 39.4 Å². The summed E-state index contributed by atoms with van der Waals surface area (Å²) in [5.41, 5.74) is 0. The van der Waals surface area contributed by atoms with Crippen molar-refractivity contribution in [2.24, 2.45) is 0 Å². The van der Waals surface area contributed by atoms with E-state index in [1.54, 1.807) is 0 Å². The zero-order valence-corrected chi connectivity index (χ0v) is 8.35. The lowest BCUT2D eigenvalue weighted by molar-refractivity contribution is 0.0727. The van der Waals surface area contributed by atoms with Gasteiger partial charge in [-0.25, -0.2) is 0 Å². The molecule has 0 radical (unpaired) electrons. The minimum atomic E-state index is -5.52. The fraction of sp³-hybridized carbons (Fsp3) is 1.00. The van der Waals surface area contributed by atoms with Crippen molar-refractivity contribution in [1.29, 1.82) is 0 Å². The second kappa shape index (κ2) is 3.42. The predicted octanol–water partition coefficient (Wildman–Crippen LogP) is 2.23. The maximum Gasteiger partial charge on any atom is 0.374 e. The Balaban J connectivity index is 4.68. The molecular weight excluding hydrogens is 260 g/mol. The van der Waals surface area contributed by atoms with Gasteiger partial charge in [0.25, 0.3) is 0 Å². The Kier molecular flexibility index (Phi) is 3.60. The van der Waals surface area contributed by atoms with Crippen LogP contribution in [0.15, 0.2) is 0 Å². The van der Waals surface area contributed by atoms with Crippen LogP contribution in [0.1, 0.15) is 6.42 Å². The summed E-state index contributed by atoms with van der Waals surface area (Å²) in [7, 11) is -5.52. The Morgan fingerprint density at radius 1 is 1.25 bits per heavy atom. The van der Waals surface area contributed by atoms with Gasteiger partial charge >= 0.3 is 15.4 Å². The maximum atomic E-state index is 12.3. The highest BCUT2D eigenvalue weighted by Gasteiger charge is 2.49. The molecule has 0 aromatic rings. The number of rotatable bonds is 2. The third-order valence-electron chi connectivity index (χ3n) is 0.784. The number of alkyl halides is 5. The molecule has 0 atom stereocenters. The molecule has 1 N–H and O–H groups in total.